The summed E-state index contributed by atoms with van der Waals surface area (Å²) < 4.78 is 5.19. The van der Waals surface area contributed by atoms with Gasteiger partial charge in [0.25, 0.3) is 0 Å². The fraction of sp³-hybridized carbons (Fsp3) is 0.471. The summed E-state index contributed by atoms with van der Waals surface area (Å²) in [5.74, 6) is -1.28. The van der Waals surface area contributed by atoms with Crippen molar-refractivity contribution in [3.05, 3.63) is 29.3 Å². The van der Waals surface area contributed by atoms with E-state index in [0.717, 1.165) is 0 Å². The van der Waals surface area contributed by atoms with Crippen molar-refractivity contribution in [1.29, 1.82) is 0 Å². The number of rotatable bonds is 8. The van der Waals surface area contributed by atoms with Gasteiger partial charge in [0.15, 0.2) is 5.78 Å². The maximum absolute atomic E-state index is 12.2. The summed E-state index contributed by atoms with van der Waals surface area (Å²) in [6.45, 7) is 5.08. The molecular weight excluding hydrogens is 298 g/mol. The Hall–Kier alpha value is -2.37. The zero-order chi connectivity index (χ0) is 17.6. The third-order valence-corrected chi connectivity index (χ3v) is 3.83. The quantitative estimate of drug-likeness (QED) is 0.715. The highest BCUT2D eigenvalue weighted by molar-refractivity contribution is 5.95. The number of carboxylic acids is 1. The summed E-state index contributed by atoms with van der Waals surface area (Å²) in [7, 11) is 1.48. The SMILES string of the molecule is CCC(C)C(NC(=O)Cc1cc(C(C)=O)ccc1OC)C(=O)O. The molecule has 0 bridgehead atoms. The van der Waals surface area contributed by atoms with E-state index < -0.39 is 17.9 Å². The van der Waals surface area contributed by atoms with E-state index in [1.54, 1.807) is 25.1 Å². The molecule has 0 saturated heterocycles. The molecule has 0 aliphatic rings. The highest BCUT2D eigenvalue weighted by atomic mass is 16.5. The van der Waals surface area contributed by atoms with Gasteiger partial charge in [-0.05, 0) is 31.0 Å². The van der Waals surface area contributed by atoms with Crippen LogP contribution in [0.5, 0.6) is 5.75 Å². The van der Waals surface area contributed by atoms with Gasteiger partial charge < -0.3 is 15.2 Å². The van der Waals surface area contributed by atoms with Gasteiger partial charge in [0.1, 0.15) is 11.8 Å². The molecule has 6 nitrogen and oxygen atoms in total. The molecule has 0 fully saturated rings. The van der Waals surface area contributed by atoms with Crippen molar-refractivity contribution in [2.45, 2.75) is 39.7 Å². The highest BCUT2D eigenvalue weighted by Crippen LogP contribution is 2.21. The molecule has 2 unspecified atom stereocenters. The Balaban J connectivity index is 2.93. The minimum Gasteiger partial charge on any atom is -0.496 e. The summed E-state index contributed by atoms with van der Waals surface area (Å²) >= 11 is 0. The normalized spacial score (nSPS) is 13.0. The van der Waals surface area contributed by atoms with Crippen LogP contribution in [0.3, 0.4) is 0 Å². The van der Waals surface area contributed by atoms with Gasteiger partial charge in [-0.2, -0.15) is 0 Å². The minimum atomic E-state index is -1.06. The van der Waals surface area contributed by atoms with Crippen LogP contribution in [-0.4, -0.2) is 35.9 Å². The molecule has 1 aromatic rings. The van der Waals surface area contributed by atoms with Crippen LogP contribution >= 0.6 is 0 Å². The molecule has 0 spiro atoms. The monoisotopic (exact) mass is 321 g/mol. The minimum absolute atomic E-state index is 0.0511. The Kier molecular flexibility index (Phi) is 6.75. The molecule has 23 heavy (non-hydrogen) atoms. The van der Waals surface area contributed by atoms with Gasteiger partial charge >= 0.3 is 5.97 Å². The van der Waals surface area contributed by atoms with E-state index in [1.165, 1.54) is 14.0 Å². The standard InChI is InChI=1S/C17H23NO5/c1-5-10(2)16(17(21)22)18-15(20)9-13-8-12(11(3)19)6-7-14(13)23-4/h6-8,10,16H,5,9H2,1-4H3,(H,18,20)(H,21,22). The first-order valence-electron chi connectivity index (χ1n) is 7.50. The number of Topliss-reactive ketones (excluding diaryl/α,β-unsaturated/α-hetero) is 1. The third-order valence-electron chi connectivity index (χ3n) is 3.83. The van der Waals surface area contributed by atoms with Crippen molar-refractivity contribution in [2.24, 2.45) is 5.92 Å². The average molecular weight is 321 g/mol. The maximum Gasteiger partial charge on any atom is 0.326 e. The second kappa shape index (κ2) is 8.31. The molecule has 0 heterocycles. The number of amides is 1. The lowest BCUT2D eigenvalue weighted by Gasteiger charge is -2.20. The van der Waals surface area contributed by atoms with E-state index in [-0.39, 0.29) is 18.1 Å². The van der Waals surface area contributed by atoms with Crippen LogP contribution in [0.25, 0.3) is 0 Å². The molecule has 1 aromatic carbocycles. The number of ether oxygens (including phenoxy) is 1. The zero-order valence-corrected chi connectivity index (χ0v) is 13.9. The maximum atomic E-state index is 12.2. The van der Waals surface area contributed by atoms with Crippen LogP contribution < -0.4 is 10.1 Å². The van der Waals surface area contributed by atoms with Crippen LogP contribution in [0.2, 0.25) is 0 Å². The molecule has 1 rings (SSSR count). The van der Waals surface area contributed by atoms with Gasteiger partial charge in [-0.15, -0.1) is 0 Å². The molecule has 126 valence electrons. The fourth-order valence-electron chi connectivity index (χ4n) is 2.22. The predicted octanol–water partition coefficient (Wildman–Crippen LogP) is 2.06. The molecule has 2 N–H and O–H groups in total. The van der Waals surface area contributed by atoms with E-state index in [4.69, 9.17) is 4.74 Å². The van der Waals surface area contributed by atoms with Crippen LogP contribution in [0.15, 0.2) is 18.2 Å². The average Bonchev–Trinajstić information content (AvgIpc) is 2.51. The molecule has 1 amide bonds. The fourth-order valence-corrected chi connectivity index (χ4v) is 2.22. The lowest BCUT2D eigenvalue weighted by atomic mass is 9.98. The van der Waals surface area contributed by atoms with Gasteiger partial charge in [-0.25, -0.2) is 4.79 Å². The van der Waals surface area contributed by atoms with Crippen LogP contribution in [-0.2, 0) is 16.0 Å². The summed E-state index contributed by atoms with van der Waals surface area (Å²) in [5, 5.41) is 11.8. The van der Waals surface area contributed by atoms with E-state index in [9.17, 15) is 19.5 Å². The smallest absolute Gasteiger partial charge is 0.326 e. The largest absolute Gasteiger partial charge is 0.496 e. The van der Waals surface area contributed by atoms with Gasteiger partial charge in [0, 0.05) is 11.1 Å². The van der Waals surface area contributed by atoms with Crippen molar-refractivity contribution in [1.82, 2.24) is 5.32 Å². The summed E-state index contributed by atoms with van der Waals surface area (Å²) in [4.78, 5) is 34.9. The van der Waals surface area contributed by atoms with Crippen molar-refractivity contribution in [3.8, 4) is 5.75 Å². The predicted molar refractivity (Wildman–Crippen MR) is 85.7 cm³/mol. The topological polar surface area (TPSA) is 92.7 Å². The van der Waals surface area contributed by atoms with Crippen LogP contribution in [0.1, 0.15) is 43.1 Å². The van der Waals surface area contributed by atoms with Crippen LogP contribution in [0, 0.1) is 5.92 Å². The number of carbonyl (C=O) groups is 3. The number of hydrogen-bond donors (Lipinski definition) is 2. The summed E-state index contributed by atoms with van der Waals surface area (Å²) in [5.41, 5.74) is 1.02. The number of benzene rings is 1. The molecule has 0 aliphatic heterocycles. The Labute approximate surface area is 135 Å². The zero-order valence-electron chi connectivity index (χ0n) is 13.9. The first-order valence-corrected chi connectivity index (χ1v) is 7.50. The number of methoxy groups -OCH3 is 1. The number of carboxylic acid groups (broad SMARTS) is 1. The summed E-state index contributed by atoms with van der Waals surface area (Å²) in [6.07, 6.45) is 0.588. The molecule has 6 heteroatoms. The van der Waals surface area contributed by atoms with Crippen molar-refractivity contribution < 1.29 is 24.2 Å². The second-order valence-corrected chi connectivity index (χ2v) is 5.53. The van der Waals surface area contributed by atoms with E-state index in [2.05, 4.69) is 5.32 Å². The van der Waals surface area contributed by atoms with Gasteiger partial charge in [0.2, 0.25) is 5.91 Å². The number of aliphatic carboxylic acids is 1. The van der Waals surface area contributed by atoms with E-state index >= 15 is 0 Å². The molecule has 0 saturated carbocycles. The van der Waals surface area contributed by atoms with Crippen molar-refractivity contribution in [2.75, 3.05) is 7.11 Å². The first kappa shape index (κ1) is 18.7. The molecular formula is C17H23NO5. The molecule has 0 radical (unpaired) electrons. The Morgan fingerprint density at radius 3 is 2.43 bits per heavy atom. The summed E-state index contributed by atoms with van der Waals surface area (Å²) in [6, 6.07) is 3.92. The van der Waals surface area contributed by atoms with Crippen molar-refractivity contribution >= 4 is 17.7 Å². The van der Waals surface area contributed by atoms with E-state index in [1.807, 2.05) is 6.92 Å². The number of hydrogen-bond acceptors (Lipinski definition) is 4. The van der Waals surface area contributed by atoms with Gasteiger partial charge in [-0.3, -0.25) is 9.59 Å². The van der Waals surface area contributed by atoms with Gasteiger partial charge in [0.05, 0.1) is 13.5 Å². The van der Waals surface area contributed by atoms with E-state index in [0.29, 0.717) is 23.3 Å². The Morgan fingerprint density at radius 2 is 1.96 bits per heavy atom. The highest BCUT2D eigenvalue weighted by Gasteiger charge is 2.25. The second-order valence-electron chi connectivity index (χ2n) is 5.53. The molecule has 2 atom stereocenters. The lowest BCUT2D eigenvalue weighted by molar-refractivity contribution is -0.143. The molecule has 0 aromatic heterocycles. The Morgan fingerprint density at radius 1 is 1.30 bits per heavy atom. The van der Waals surface area contributed by atoms with Crippen molar-refractivity contribution in [3.63, 3.8) is 0 Å². The third kappa shape index (κ3) is 5.09. The van der Waals surface area contributed by atoms with Gasteiger partial charge in [-0.1, -0.05) is 20.3 Å². The number of nitrogens with one attached hydrogen (secondary N) is 1. The number of carbonyl (C=O) groups excluding carboxylic acids is 2. The number of ketones is 1. The Bertz CT molecular complexity index is 597. The lowest BCUT2D eigenvalue weighted by Crippen LogP contribution is -2.45. The van der Waals surface area contributed by atoms with Crippen LogP contribution in [0.4, 0.5) is 0 Å². The first-order chi connectivity index (χ1) is 10.8. The molecule has 0 aliphatic carbocycles.